The van der Waals surface area contributed by atoms with Crippen molar-refractivity contribution >= 4 is 41.0 Å². The summed E-state index contributed by atoms with van der Waals surface area (Å²) < 4.78 is 13.9. The summed E-state index contributed by atoms with van der Waals surface area (Å²) in [4.78, 5) is 24.4. The van der Waals surface area contributed by atoms with Crippen molar-refractivity contribution in [1.82, 2.24) is 5.32 Å². The maximum Gasteiger partial charge on any atom is 0.335 e. The number of hydrogen-bond donors (Lipinski definition) is 2. The molecule has 2 aromatic carbocycles. The number of carboxylic acids is 1. The molecule has 0 unspecified atom stereocenters. The monoisotopic (exact) mass is 342 g/mol. The van der Waals surface area contributed by atoms with Crippen LogP contribution in [0.5, 0.6) is 0 Å². The molecule has 1 fully saturated rings. The number of para-hydroxylation sites is 1. The Balaban J connectivity index is 1.91. The number of carboxylic acid groups (broad SMARTS) is 1. The van der Waals surface area contributed by atoms with Crippen molar-refractivity contribution in [2.24, 2.45) is 0 Å². The van der Waals surface area contributed by atoms with Gasteiger partial charge in [0.2, 0.25) is 0 Å². The van der Waals surface area contributed by atoms with Crippen molar-refractivity contribution in [3.05, 3.63) is 71.2 Å². The number of rotatable bonds is 3. The smallest absolute Gasteiger partial charge is 0.335 e. The lowest BCUT2D eigenvalue weighted by molar-refractivity contribution is -0.113. The summed E-state index contributed by atoms with van der Waals surface area (Å²) in [6, 6.07) is 11.9. The average molecular weight is 342 g/mol. The molecule has 3 rings (SSSR count). The van der Waals surface area contributed by atoms with E-state index in [9.17, 15) is 14.0 Å². The first-order valence-corrected chi connectivity index (χ1v) is 7.33. The van der Waals surface area contributed by atoms with Gasteiger partial charge in [0.15, 0.2) is 5.11 Å². The van der Waals surface area contributed by atoms with E-state index in [1.54, 1.807) is 18.2 Å². The SMILES string of the molecule is O=C(O)c1ccc(C=C2NC(=S)N(c3ccccc3F)C2=O)cc1. The van der Waals surface area contributed by atoms with Crippen molar-refractivity contribution < 1.29 is 19.1 Å². The number of aromatic carboxylic acids is 1. The van der Waals surface area contributed by atoms with E-state index < -0.39 is 17.7 Å². The lowest BCUT2D eigenvalue weighted by Crippen LogP contribution is -2.31. The van der Waals surface area contributed by atoms with Crippen LogP contribution in [0.25, 0.3) is 6.08 Å². The molecule has 2 aromatic rings. The Morgan fingerprint density at radius 3 is 2.46 bits per heavy atom. The molecule has 1 heterocycles. The van der Waals surface area contributed by atoms with E-state index in [0.717, 1.165) is 4.90 Å². The number of hydrogen-bond acceptors (Lipinski definition) is 3. The standard InChI is InChI=1S/C17H11FN2O3S/c18-12-3-1-2-4-14(12)20-15(21)13(19-17(20)24)9-10-5-7-11(8-6-10)16(22)23/h1-9H,(H,19,24)(H,22,23). The van der Waals surface area contributed by atoms with Gasteiger partial charge in [0.05, 0.1) is 11.3 Å². The second-order valence-corrected chi connectivity index (χ2v) is 5.39. The van der Waals surface area contributed by atoms with Crippen LogP contribution in [0.2, 0.25) is 0 Å². The fourth-order valence-corrected chi connectivity index (χ4v) is 2.57. The quantitative estimate of drug-likeness (QED) is 0.663. The van der Waals surface area contributed by atoms with Gasteiger partial charge in [-0.3, -0.25) is 4.79 Å². The number of nitrogens with zero attached hydrogens (tertiary/aromatic N) is 1. The topological polar surface area (TPSA) is 69.6 Å². The molecule has 5 nitrogen and oxygen atoms in total. The highest BCUT2D eigenvalue weighted by atomic mass is 32.1. The highest BCUT2D eigenvalue weighted by Gasteiger charge is 2.33. The third kappa shape index (κ3) is 2.89. The van der Waals surface area contributed by atoms with Gasteiger partial charge in [-0.15, -0.1) is 0 Å². The van der Waals surface area contributed by atoms with E-state index >= 15 is 0 Å². The lowest BCUT2D eigenvalue weighted by Gasteiger charge is -2.14. The summed E-state index contributed by atoms with van der Waals surface area (Å²) >= 11 is 5.12. The first-order chi connectivity index (χ1) is 11.5. The zero-order valence-electron chi connectivity index (χ0n) is 12.2. The molecule has 0 bridgehead atoms. The van der Waals surface area contributed by atoms with Gasteiger partial charge in [0.1, 0.15) is 11.5 Å². The Hall–Kier alpha value is -3.06. The van der Waals surface area contributed by atoms with E-state index in [1.165, 1.54) is 36.4 Å². The predicted molar refractivity (Wildman–Crippen MR) is 91.0 cm³/mol. The van der Waals surface area contributed by atoms with Crippen molar-refractivity contribution in [3.63, 3.8) is 0 Å². The third-order valence-electron chi connectivity index (χ3n) is 3.44. The molecule has 1 aliphatic rings. The fourth-order valence-electron chi connectivity index (χ4n) is 2.28. The van der Waals surface area contributed by atoms with Crippen LogP contribution in [0.3, 0.4) is 0 Å². The molecule has 1 saturated heterocycles. The van der Waals surface area contributed by atoms with Gasteiger partial charge in [-0.2, -0.15) is 0 Å². The van der Waals surface area contributed by atoms with Crippen molar-refractivity contribution in [2.75, 3.05) is 4.90 Å². The van der Waals surface area contributed by atoms with Gasteiger partial charge in [0, 0.05) is 0 Å². The average Bonchev–Trinajstić information content (AvgIpc) is 2.83. The highest BCUT2D eigenvalue weighted by Crippen LogP contribution is 2.25. The van der Waals surface area contributed by atoms with Gasteiger partial charge < -0.3 is 10.4 Å². The number of carbonyl (C=O) groups excluding carboxylic acids is 1. The molecule has 1 amide bonds. The number of nitrogens with one attached hydrogen (secondary N) is 1. The zero-order chi connectivity index (χ0) is 17.3. The number of amides is 1. The van der Waals surface area contributed by atoms with Gasteiger partial charge in [0.25, 0.3) is 5.91 Å². The van der Waals surface area contributed by atoms with Crippen LogP contribution >= 0.6 is 12.2 Å². The Labute approximate surface area is 142 Å². The van der Waals surface area contributed by atoms with E-state index in [0.29, 0.717) is 5.56 Å². The first kappa shape index (κ1) is 15.8. The number of thiocarbonyl (C=S) groups is 1. The van der Waals surface area contributed by atoms with Crippen LogP contribution in [0.1, 0.15) is 15.9 Å². The van der Waals surface area contributed by atoms with E-state index in [-0.39, 0.29) is 22.1 Å². The Bertz CT molecular complexity index is 878. The third-order valence-corrected chi connectivity index (χ3v) is 3.72. The minimum absolute atomic E-state index is 0.0737. The summed E-state index contributed by atoms with van der Waals surface area (Å²) in [6.07, 6.45) is 1.53. The number of benzene rings is 2. The molecule has 1 aliphatic heterocycles. The van der Waals surface area contributed by atoms with Crippen molar-refractivity contribution in [2.45, 2.75) is 0 Å². The number of carbonyl (C=O) groups is 2. The number of anilines is 1. The van der Waals surface area contributed by atoms with Crippen LogP contribution in [-0.4, -0.2) is 22.1 Å². The molecule has 0 atom stereocenters. The minimum Gasteiger partial charge on any atom is -0.478 e. The Morgan fingerprint density at radius 2 is 1.83 bits per heavy atom. The van der Waals surface area contributed by atoms with Gasteiger partial charge in [-0.25, -0.2) is 14.1 Å². The summed E-state index contributed by atoms with van der Waals surface area (Å²) in [7, 11) is 0. The van der Waals surface area contributed by atoms with E-state index in [4.69, 9.17) is 17.3 Å². The molecule has 0 aromatic heterocycles. The van der Waals surface area contributed by atoms with Crippen LogP contribution in [0, 0.1) is 5.82 Å². The summed E-state index contributed by atoms with van der Waals surface area (Å²) in [6.45, 7) is 0. The summed E-state index contributed by atoms with van der Waals surface area (Å²) in [5.41, 5.74) is 1.02. The maximum absolute atomic E-state index is 13.9. The van der Waals surface area contributed by atoms with Gasteiger partial charge >= 0.3 is 5.97 Å². The minimum atomic E-state index is -1.03. The molecule has 0 spiro atoms. The van der Waals surface area contributed by atoms with Crippen LogP contribution < -0.4 is 10.2 Å². The molecule has 120 valence electrons. The van der Waals surface area contributed by atoms with Crippen LogP contribution in [-0.2, 0) is 4.79 Å². The van der Waals surface area contributed by atoms with E-state index in [1.807, 2.05) is 0 Å². The zero-order valence-corrected chi connectivity index (χ0v) is 13.0. The van der Waals surface area contributed by atoms with Crippen molar-refractivity contribution in [3.8, 4) is 0 Å². The molecular formula is C17H11FN2O3S. The molecule has 0 radical (unpaired) electrons. The molecule has 2 N–H and O–H groups in total. The van der Waals surface area contributed by atoms with Crippen LogP contribution in [0.4, 0.5) is 10.1 Å². The Kier molecular flexibility index (Phi) is 4.09. The molecular weight excluding hydrogens is 331 g/mol. The first-order valence-electron chi connectivity index (χ1n) is 6.92. The Morgan fingerprint density at radius 1 is 1.17 bits per heavy atom. The second-order valence-electron chi connectivity index (χ2n) is 5.01. The maximum atomic E-state index is 13.9. The summed E-state index contributed by atoms with van der Waals surface area (Å²) in [5.74, 6) is -2.06. The predicted octanol–water partition coefficient (Wildman–Crippen LogP) is 2.79. The fraction of sp³-hybridized carbons (Fsp3) is 0. The largest absolute Gasteiger partial charge is 0.478 e. The molecule has 7 heteroatoms. The van der Waals surface area contributed by atoms with Crippen LogP contribution in [0.15, 0.2) is 54.2 Å². The lowest BCUT2D eigenvalue weighted by atomic mass is 10.1. The van der Waals surface area contributed by atoms with Crippen molar-refractivity contribution in [1.29, 1.82) is 0 Å². The van der Waals surface area contributed by atoms with Gasteiger partial charge in [-0.05, 0) is 48.1 Å². The molecule has 0 aliphatic carbocycles. The molecule has 0 saturated carbocycles. The van der Waals surface area contributed by atoms with E-state index in [2.05, 4.69) is 5.32 Å². The van der Waals surface area contributed by atoms with Gasteiger partial charge in [-0.1, -0.05) is 24.3 Å². The summed E-state index contributed by atoms with van der Waals surface area (Å²) in [5, 5.41) is 11.7. The second kappa shape index (κ2) is 6.21. The highest BCUT2D eigenvalue weighted by molar-refractivity contribution is 7.80. The normalized spacial score (nSPS) is 15.7. The number of halogens is 1. The molecule has 24 heavy (non-hydrogen) atoms.